The van der Waals surface area contributed by atoms with Crippen LogP contribution in [0.3, 0.4) is 0 Å². The first kappa shape index (κ1) is 25.9. The molecule has 2 aromatic heterocycles. The van der Waals surface area contributed by atoms with Crippen LogP contribution in [0.2, 0.25) is 0 Å². The summed E-state index contributed by atoms with van der Waals surface area (Å²) in [7, 11) is 1.26. The Hall–Kier alpha value is -4.15. The Morgan fingerprint density at radius 2 is 1.81 bits per heavy atom. The highest BCUT2D eigenvalue weighted by Crippen LogP contribution is 2.42. The van der Waals surface area contributed by atoms with Crippen LogP contribution in [0, 0.1) is 6.92 Å². The molecular formula is C26H27F2N5O4. The molecule has 1 saturated heterocycles. The predicted octanol–water partition coefficient (Wildman–Crippen LogP) is 4.09. The van der Waals surface area contributed by atoms with Crippen LogP contribution in [0.4, 0.5) is 20.3 Å². The number of methoxy groups -OCH3 is 1. The van der Waals surface area contributed by atoms with Gasteiger partial charge in [-0.1, -0.05) is 38.1 Å². The molecule has 0 spiro atoms. The van der Waals surface area contributed by atoms with Crippen LogP contribution in [-0.2, 0) is 14.9 Å². The number of carbonyl (C=O) groups is 2. The number of halogens is 2. The Labute approximate surface area is 212 Å². The number of alkyl halides is 2. The van der Waals surface area contributed by atoms with Crippen molar-refractivity contribution in [3.05, 3.63) is 71.3 Å². The van der Waals surface area contributed by atoms with E-state index in [1.54, 1.807) is 13.0 Å². The number of ether oxygens (including phenoxy) is 2. The van der Waals surface area contributed by atoms with Gasteiger partial charge in [-0.2, -0.15) is 8.78 Å². The molecule has 0 unspecified atom stereocenters. The summed E-state index contributed by atoms with van der Waals surface area (Å²) in [5, 5.41) is 2.77. The number of hydrogen-bond acceptors (Lipinski definition) is 8. The van der Waals surface area contributed by atoms with Crippen molar-refractivity contribution in [2.24, 2.45) is 0 Å². The Balaban J connectivity index is 1.68. The highest BCUT2D eigenvalue weighted by molar-refractivity contribution is 6.02. The number of pyridine rings is 1. The number of anilines is 2. The van der Waals surface area contributed by atoms with E-state index in [0.29, 0.717) is 11.5 Å². The summed E-state index contributed by atoms with van der Waals surface area (Å²) < 4.78 is 35.2. The summed E-state index contributed by atoms with van der Waals surface area (Å²) in [6.07, 6.45) is 2.76. The van der Waals surface area contributed by atoms with Crippen LogP contribution in [0.5, 0.6) is 5.88 Å². The van der Waals surface area contributed by atoms with Crippen molar-refractivity contribution in [3.8, 4) is 5.88 Å². The van der Waals surface area contributed by atoms with Crippen molar-refractivity contribution >= 4 is 23.4 Å². The summed E-state index contributed by atoms with van der Waals surface area (Å²) in [4.78, 5) is 39.8. The van der Waals surface area contributed by atoms with Crippen LogP contribution in [0.15, 0.2) is 48.8 Å². The van der Waals surface area contributed by atoms with Crippen molar-refractivity contribution in [2.75, 3.05) is 30.4 Å². The number of esters is 1. The Morgan fingerprint density at radius 3 is 2.43 bits per heavy atom. The van der Waals surface area contributed by atoms with E-state index in [9.17, 15) is 18.4 Å². The SMILES string of the molecule is COC(=O)c1cnc(N2CC(C(=O)Nc3ccc(C)nc3OC(F)F)(c3ccccc3C(C)C)C2)cn1. The molecule has 0 atom stereocenters. The Bertz CT molecular complexity index is 1290. The van der Waals surface area contributed by atoms with Crippen molar-refractivity contribution in [1.29, 1.82) is 0 Å². The Morgan fingerprint density at radius 1 is 1.08 bits per heavy atom. The average molecular weight is 512 g/mol. The van der Waals surface area contributed by atoms with Crippen LogP contribution >= 0.6 is 0 Å². The van der Waals surface area contributed by atoms with E-state index in [-0.39, 0.29) is 42.2 Å². The van der Waals surface area contributed by atoms with E-state index in [1.807, 2.05) is 43.0 Å². The number of aryl methyl sites for hydroxylation is 1. The fourth-order valence-electron chi connectivity index (χ4n) is 4.38. The van der Waals surface area contributed by atoms with Gasteiger partial charge in [-0.15, -0.1) is 0 Å². The van der Waals surface area contributed by atoms with Crippen molar-refractivity contribution in [3.63, 3.8) is 0 Å². The number of hydrogen-bond donors (Lipinski definition) is 1. The second-order valence-electron chi connectivity index (χ2n) is 9.07. The number of carbonyl (C=O) groups excluding carboxylic acids is 2. The summed E-state index contributed by atoms with van der Waals surface area (Å²) in [6.45, 7) is 3.12. The zero-order valence-corrected chi connectivity index (χ0v) is 20.9. The lowest BCUT2D eigenvalue weighted by Crippen LogP contribution is -2.65. The van der Waals surface area contributed by atoms with E-state index in [0.717, 1.165) is 11.1 Å². The summed E-state index contributed by atoms with van der Waals surface area (Å²) in [5.41, 5.74) is 1.40. The van der Waals surface area contributed by atoms with Crippen LogP contribution in [0.25, 0.3) is 0 Å². The third-order valence-electron chi connectivity index (χ3n) is 6.26. The lowest BCUT2D eigenvalue weighted by Gasteiger charge is -2.50. The van der Waals surface area contributed by atoms with Crippen LogP contribution in [0.1, 0.15) is 47.1 Å². The number of rotatable bonds is 8. The zero-order valence-electron chi connectivity index (χ0n) is 20.9. The molecule has 37 heavy (non-hydrogen) atoms. The van der Waals surface area contributed by atoms with Gasteiger partial charge in [0.25, 0.3) is 0 Å². The van der Waals surface area contributed by atoms with Gasteiger partial charge in [0.1, 0.15) is 16.9 Å². The van der Waals surface area contributed by atoms with Crippen LogP contribution < -0.4 is 15.0 Å². The second kappa shape index (κ2) is 10.5. The normalized spacial score (nSPS) is 14.3. The zero-order chi connectivity index (χ0) is 26.7. The van der Waals surface area contributed by atoms with Crippen molar-refractivity contribution in [2.45, 2.75) is 38.7 Å². The molecule has 4 rings (SSSR count). The van der Waals surface area contributed by atoms with Gasteiger partial charge in [-0.25, -0.2) is 19.7 Å². The molecule has 1 aliphatic heterocycles. The molecular weight excluding hydrogens is 484 g/mol. The maximum Gasteiger partial charge on any atom is 0.388 e. The molecule has 1 aromatic carbocycles. The first-order chi connectivity index (χ1) is 17.6. The third-order valence-corrected chi connectivity index (χ3v) is 6.26. The fraction of sp³-hybridized carbons (Fsp3) is 0.346. The van der Waals surface area contributed by atoms with Gasteiger partial charge in [-0.05, 0) is 36.1 Å². The average Bonchev–Trinajstić information content (AvgIpc) is 2.85. The number of amides is 1. The monoisotopic (exact) mass is 511 g/mol. The first-order valence-electron chi connectivity index (χ1n) is 11.6. The van der Waals surface area contributed by atoms with Gasteiger partial charge in [-0.3, -0.25) is 4.79 Å². The molecule has 1 amide bonds. The molecule has 0 aliphatic carbocycles. The summed E-state index contributed by atoms with van der Waals surface area (Å²) >= 11 is 0. The number of aromatic nitrogens is 3. The van der Waals surface area contributed by atoms with E-state index in [4.69, 9.17) is 0 Å². The highest BCUT2D eigenvalue weighted by Gasteiger charge is 2.52. The first-order valence-corrected chi connectivity index (χ1v) is 11.6. The van der Waals surface area contributed by atoms with Gasteiger partial charge in [0, 0.05) is 18.8 Å². The minimum atomic E-state index is -3.09. The molecule has 1 aliphatic rings. The quantitative estimate of drug-likeness (QED) is 0.451. The van der Waals surface area contributed by atoms with Gasteiger partial charge in [0.2, 0.25) is 11.8 Å². The predicted molar refractivity (Wildman–Crippen MR) is 132 cm³/mol. The standard InChI is InChI=1S/C26H27F2N5O4/c1-15(2)17-7-5-6-8-18(17)26(13-33(14-26)21-12-29-20(11-30-21)23(34)36-4)24(35)32-19-10-9-16(3)31-22(19)37-25(27)28/h5-12,15,25H,13-14H2,1-4H3,(H,32,35). The summed E-state index contributed by atoms with van der Waals surface area (Å²) in [6, 6.07) is 10.8. The largest absolute Gasteiger partial charge is 0.464 e. The lowest BCUT2D eigenvalue weighted by molar-refractivity contribution is -0.122. The van der Waals surface area contributed by atoms with E-state index in [1.165, 1.54) is 25.6 Å². The minimum absolute atomic E-state index is 0.0537. The number of nitrogens with zero attached hydrogens (tertiary/aromatic N) is 4. The molecule has 0 radical (unpaired) electrons. The van der Waals surface area contributed by atoms with Crippen molar-refractivity contribution in [1.82, 2.24) is 15.0 Å². The smallest absolute Gasteiger partial charge is 0.388 e. The van der Waals surface area contributed by atoms with Crippen molar-refractivity contribution < 1.29 is 27.8 Å². The minimum Gasteiger partial charge on any atom is -0.464 e. The molecule has 9 nitrogen and oxygen atoms in total. The fourth-order valence-corrected chi connectivity index (χ4v) is 4.38. The van der Waals surface area contributed by atoms with Gasteiger partial charge >= 0.3 is 12.6 Å². The molecule has 3 aromatic rings. The lowest BCUT2D eigenvalue weighted by atomic mass is 9.69. The molecule has 0 bridgehead atoms. The maximum atomic E-state index is 13.9. The maximum absolute atomic E-state index is 13.9. The molecule has 11 heteroatoms. The van der Waals surface area contributed by atoms with Gasteiger partial charge in [0.15, 0.2) is 5.69 Å². The number of benzene rings is 1. The second-order valence-corrected chi connectivity index (χ2v) is 9.07. The van der Waals surface area contributed by atoms with E-state index < -0.39 is 18.0 Å². The third kappa shape index (κ3) is 5.20. The van der Waals surface area contributed by atoms with Crippen LogP contribution in [-0.4, -0.2) is 53.6 Å². The highest BCUT2D eigenvalue weighted by atomic mass is 19.3. The van der Waals surface area contributed by atoms with Gasteiger partial charge in [0.05, 0.1) is 19.5 Å². The summed E-state index contributed by atoms with van der Waals surface area (Å²) in [5.74, 6) is -0.725. The molecule has 1 fully saturated rings. The molecule has 0 saturated carbocycles. The number of nitrogens with one attached hydrogen (secondary N) is 1. The molecule has 194 valence electrons. The molecule has 1 N–H and O–H groups in total. The topological polar surface area (TPSA) is 107 Å². The Kier molecular flexibility index (Phi) is 7.33. The van der Waals surface area contributed by atoms with E-state index >= 15 is 0 Å². The van der Waals surface area contributed by atoms with Gasteiger partial charge < -0.3 is 19.7 Å². The van der Waals surface area contributed by atoms with E-state index in [2.05, 4.69) is 29.7 Å². The molecule has 3 heterocycles.